The minimum Gasteiger partial charge on any atom is -0.324 e. The molecule has 2 N–H and O–H groups in total. The Morgan fingerprint density at radius 3 is 2.56 bits per heavy atom. The van der Waals surface area contributed by atoms with E-state index >= 15 is 0 Å². The normalized spacial score (nSPS) is 20.7. The van der Waals surface area contributed by atoms with Gasteiger partial charge in [-0.1, -0.05) is 40.9 Å². The molecule has 1 atom stereocenters. The van der Waals surface area contributed by atoms with Crippen LogP contribution in [0.1, 0.15) is 24.8 Å². The minimum absolute atomic E-state index is 0.199. The van der Waals surface area contributed by atoms with Gasteiger partial charge in [-0.2, -0.15) is 0 Å². The van der Waals surface area contributed by atoms with E-state index in [1.807, 2.05) is 18.2 Å². The van der Waals surface area contributed by atoms with Crippen molar-refractivity contribution in [2.75, 3.05) is 0 Å². The highest BCUT2D eigenvalue weighted by molar-refractivity contribution is 6.36. The van der Waals surface area contributed by atoms with Crippen LogP contribution in [-0.4, -0.2) is 6.04 Å². The number of allylic oxidation sites excluding steroid dienone is 1. The molecule has 0 amide bonds. The summed E-state index contributed by atoms with van der Waals surface area (Å²) in [6.45, 7) is 0. The van der Waals surface area contributed by atoms with Crippen LogP contribution in [0.25, 0.3) is 0 Å². The summed E-state index contributed by atoms with van der Waals surface area (Å²) in [4.78, 5) is 0. The lowest BCUT2D eigenvalue weighted by Gasteiger charge is -2.18. The van der Waals surface area contributed by atoms with E-state index in [1.165, 1.54) is 5.57 Å². The van der Waals surface area contributed by atoms with Gasteiger partial charge in [0.05, 0.1) is 0 Å². The quantitative estimate of drug-likeness (QED) is 0.796. The second-order valence-corrected chi connectivity index (χ2v) is 5.07. The summed E-state index contributed by atoms with van der Waals surface area (Å²) in [7, 11) is 0. The predicted octanol–water partition coefficient (Wildman–Crippen LogP) is 3.97. The topological polar surface area (TPSA) is 26.0 Å². The second kappa shape index (κ2) is 5.22. The molecule has 0 aromatic heterocycles. The fourth-order valence-corrected chi connectivity index (χ4v) is 2.64. The molecule has 1 aliphatic rings. The second-order valence-electron chi connectivity index (χ2n) is 4.26. The van der Waals surface area contributed by atoms with Gasteiger partial charge in [-0.05, 0) is 43.4 Å². The van der Waals surface area contributed by atoms with Gasteiger partial charge in [-0.25, -0.2) is 0 Å². The average molecular weight is 256 g/mol. The van der Waals surface area contributed by atoms with Crippen molar-refractivity contribution in [3.63, 3.8) is 0 Å². The Morgan fingerprint density at radius 2 is 1.94 bits per heavy atom. The fourth-order valence-electron chi connectivity index (χ4n) is 2.11. The summed E-state index contributed by atoms with van der Waals surface area (Å²) in [5, 5.41) is 1.49. The molecular weight excluding hydrogens is 241 g/mol. The van der Waals surface area contributed by atoms with Crippen molar-refractivity contribution in [1.29, 1.82) is 0 Å². The van der Waals surface area contributed by atoms with Gasteiger partial charge in [-0.3, -0.25) is 0 Å². The zero-order chi connectivity index (χ0) is 11.5. The molecule has 0 heterocycles. The lowest BCUT2D eigenvalue weighted by molar-refractivity contribution is 0.617. The van der Waals surface area contributed by atoms with E-state index in [1.54, 1.807) is 0 Å². The summed E-state index contributed by atoms with van der Waals surface area (Å²) in [6, 6.07) is 5.83. The summed E-state index contributed by atoms with van der Waals surface area (Å²) < 4.78 is 0. The molecule has 1 nitrogen and oxygen atoms in total. The molecule has 86 valence electrons. The first-order valence-corrected chi connectivity index (χ1v) is 6.30. The molecule has 16 heavy (non-hydrogen) atoms. The van der Waals surface area contributed by atoms with Crippen molar-refractivity contribution in [1.82, 2.24) is 0 Å². The maximum atomic E-state index is 6.14. The first kappa shape index (κ1) is 12.0. The van der Waals surface area contributed by atoms with Crippen LogP contribution in [0.4, 0.5) is 0 Å². The lowest BCUT2D eigenvalue weighted by atomic mass is 9.92. The van der Waals surface area contributed by atoms with E-state index in [9.17, 15) is 0 Å². The Bertz CT molecular complexity index is 392. The zero-order valence-corrected chi connectivity index (χ0v) is 10.6. The standard InChI is InChI=1S/C13H15Cl2N/c14-12-5-2-6-13(15)11(12)8-9-3-1-4-10(16)7-9/h2,5-7,10H,1,3-4,8,16H2. The highest BCUT2D eigenvalue weighted by Gasteiger charge is 2.13. The maximum absolute atomic E-state index is 6.14. The number of hydrogen-bond donors (Lipinski definition) is 1. The van der Waals surface area contributed by atoms with Crippen LogP contribution in [0.2, 0.25) is 10.0 Å². The molecule has 1 aliphatic carbocycles. The molecule has 0 radical (unpaired) electrons. The molecule has 2 rings (SSSR count). The molecule has 1 unspecified atom stereocenters. The van der Waals surface area contributed by atoms with Crippen molar-refractivity contribution in [3.05, 3.63) is 45.5 Å². The van der Waals surface area contributed by atoms with E-state index in [2.05, 4.69) is 6.08 Å². The Kier molecular flexibility index (Phi) is 3.91. The minimum atomic E-state index is 0.199. The average Bonchev–Trinajstić information content (AvgIpc) is 2.24. The number of nitrogens with two attached hydrogens (primary N) is 1. The number of hydrogen-bond acceptors (Lipinski definition) is 1. The van der Waals surface area contributed by atoms with Crippen molar-refractivity contribution in [2.24, 2.45) is 5.73 Å². The van der Waals surface area contributed by atoms with Crippen LogP contribution in [0, 0.1) is 0 Å². The summed E-state index contributed by atoms with van der Waals surface area (Å²) in [5.41, 5.74) is 8.29. The van der Waals surface area contributed by atoms with Crippen molar-refractivity contribution >= 4 is 23.2 Å². The first-order valence-electron chi connectivity index (χ1n) is 5.55. The van der Waals surface area contributed by atoms with Crippen LogP contribution in [-0.2, 0) is 6.42 Å². The Morgan fingerprint density at radius 1 is 1.25 bits per heavy atom. The van der Waals surface area contributed by atoms with Gasteiger partial charge in [0.25, 0.3) is 0 Å². The van der Waals surface area contributed by atoms with E-state index < -0.39 is 0 Å². The highest BCUT2D eigenvalue weighted by Crippen LogP contribution is 2.29. The van der Waals surface area contributed by atoms with Crippen LogP contribution in [0.5, 0.6) is 0 Å². The summed E-state index contributed by atoms with van der Waals surface area (Å²) in [6.07, 6.45) is 6.33. The van der Waals surface area contributed by atoms with Gasteiger partial charge in [0.1, 0.15) is 0 Å². The number of benzene rings is 1. The third kappa shape index (κ3) is 2.79. The van der Waals surface area contributed by atoms with Gasteiger partial charge in [0, 0.05) is 16.1 Å². The van der Waals surface area contributed by atoms with Crippen molar-refractivity contribution in [2.45, 2.75) is 31.7 Å². The largest absolute Gasteiger partial charge is 0.324 e. The molecule has 0 spiro atoms. The fraction of sp³-hybridized carbons (Fsp3) is 0.385. The monoisotopic (exact) mass is 255 g/mol. The molecule has 0 saturated carbocycles. The maximum Gasteiger partial charge on any atom is 0.0456 e. The van der Waals surface area contributed by atoms with Gasteiger partial charge in [0.2, 0.25) is 0 Å². The number of halogens is 2. The van der Waals surface area contributed by atoms with Crippen molar-refractivity contribution < 1.29 is 0 Å². The van der Waals surface area contributed by atoms with Gasteiger partial charge in [0.15, 0.2) is 0 Å². The van der Waals surface area contributed by atoms with E-state index in [0.29, 0.717) is 0 Å². The SMILES string of the molecule is NC1C=C(Cc2c(Cl)cccc2Cl)CCC1. The van der Waals surface area contributed by atoms with E-state index in [4.69, 9.17) is 28.9 Å². The van der Waals surface area contributed by atoms with Crippen LogP contribution in [0.3, 0.4) is 0 Å². The van der Waals surface area contributed by atoms with Crippen molar-refractivity contribution in [3.8, 4) is 0 Å². The van der Waals surface area contributed by atoms with Crippen LogP contribution >= 0.6 is 23.2 Å². The molecule has 0 aliphatic heterocycles. The zero-order valence-electron chi connectivity index (χ0n) is 9.05. The van der Waals surface area contributed by atoms with Gasteiger partial charge < -0.3 is 5.73 Å². The Labute approximate surface area is 106 Å². The van der Waals surface area contributed by atoms with Gasteiger partial charge >= 0.3 is 0 Å². The molecule has 0 saturated heterocycles. The molecule has 1 aromatic rings. The molecule has 3 heteroatoms. The first-order chi connectivity index (χ1) is 7.66. The third-order valence-electron chi connectivity index (χ3n) is 2.95. The number of rotatable bonds is 2. The Hall–Kier alpha value is -0.500. The molecule has 0 bridgehead atoms. The lowest BCUT2D eigenvalue weighted by Crippen LogP contribution is -2.20. The summed E-state index contributed by atoms with van der Waals surface area (Å²) in [5.74, 6) is 0. The summed E-state index contributed by atoms with van der Waals surface area (Å²) >= 11 is 12.3. The predicted molar refractivity (Wildman–Crippen MR) is 70.1 cm³/mol. The van der Waals surface area contributed by atoms with E-state index in [0.717, 1.165) is 41.3 Å². The van der Waals surface area contributed by atoms with E-state index in [-0.39, 0.29) is 6.04 Å². The smallest absolute Gasteiger partial charge is 0.0456 e. The van der Waals surface area contributed by atoms with Crippen LogP contribution < -0.4 is 5.73 Å². The molecule has 1 aromatic carbocycles. The van der Waals surface area contributed by atoms with Gasteiger partial charge in [-0.15, -0.1) is 0 Å². The molecule has 0 fully saturated rings. The van der Waals surface area contributed by atoms with Crippen LogP contribution in [0.15, 0.2) is 29.8 Å². The highest BCUT2D eigenvalue weighted by atomic mass is 35.5. The third-order valence-corrected chi connectivity index (χ3v) is 3.66. The Balaban J connectivity index is 2.20. The molecular formula is C13H15Cl2N.